The van der Waals surface area contributed by atoms with E-state index in [2.05, 4.69) is 92.2 Å². The van der Waals surface area contributed by atoms with E-state index in [-0.39, 0.29) is 0 Å². The average molecular weight is 375 g/mol. The highest BCUT2D eigenvalue weighted by Gasteiger charge is 2.20. The van der Waals surface area contributed by atoms with Crippen molar-refractivity contribution in [1.29, 1.82) is 0 Å². The summed E-state index contributed by atoms with van der Waals surface area (Å²) in [5.41, 5.74) is 4.04. The minimum absolute atomic E-state index is 0.479. The van der Waals surface area contributed by atoms with Crippen LogP contribution in [0.5, 0.6) is 0 Å². The first-order valence-electron chi connectivity index (χ1n) is 10.6. The van der Waals surface area contributed by atoms with Crippen molar-refractivity contribution in [2.24, 2.45) is 0 Å². The van der Waals surface area contributed by atoms with Gasteiger partial charge in [-0.05, 0) is 54.6 Å². The molecule has 148 valence electrons. The lowest BCUT2D eigenvalue weighted by molar-refractivity contribution is 0.208. The van der Waals surface area contributed by atoms with Crippen LogP contribution in [0.15, 0.2) is 55.1 Å². The first-order chi connectivity index (χ1) is 13.6. The Bertz CT molecular complexity index is 893. The molecular formula is C26H34N2. The normalized spacial score (nSPS) is 19.2. The van der Waals surface area contributed by atoms with E-state index in [1.165, 1.54) is 46.6 Å². The zero-order valence-corrected chi connectivity index (χ0v) is 17.6. The second-order valence-electron chi connectivity index (χ2n) is 8.11. The summed E-state index contributed by atoms with van der Waals surface area (Å²) in [6, 6.07) is 16.1. The fourth-order valence-electron chi connectivity index (χ4n) is 4.07. The van der Waals surface area contributed by atoms with Gasteiger partial charge >= 0.3 is 0 Å². The van der Waals surface area contributed by atoms with E-state index in [0.29, 0.717) is 12.0 Å². The van der Waals surface area contributed by atoms with Crippen molar-refractivity contribution in [3.05, 3.63) is 76.7 Å². The lowest BCUT2D eigenvalue weighted by Gasteiger charge is -2.34. The first-order valence-corrected chi connectivity index (χ1v) is 10.6. The Morgan fingerprint density at radius 3 is 2.64 bits per heavy atom. The van der Waals surface area contributed by atoms with Gasteiger partial charge < -0.3 is 5.32 Å². The van der Waals surface area contributed by atoms with Gasteiger partial charge in [0.25, 0.3) is 0 Å². The van der Waals surface area contributed by atoms with Crippen LogP contribution in [-0.4, -0.2) is 24.0 Å². The number of allylic oxidation sites excluding steroid dienone is 1. The minimum atomic E-state index is 0.479. The third-order valence-corrected chi connectivity index (χ3v) is 5.65. The topological polar surface area (TPSA) is 15.3 Å². The van der Waals surface area contributed by atoms with E-state index >= 15 is 0 Å². The molecule has 2 nitrogen and oxygen atoms in total. The monoisotopic (exact) mass is 374 g/mol. The Morgan fingerprint density at radius 2 is 1.96 bits per heavy atom. The van der Waals surface area contributed by atoms with Gasteiger partial charge in [-0.3, -0.25) is 4.90 Å². The molecule has 1 fully saturated rings. The van der Waals surface area contributed by atoms with E-state index in [1.807, 2.05) is 6.08 Å². The molecule has 1 N–H and O–H groups in total. The molecule has 2 aromatic carbocycles. The molecule has 2 heteroatoms. The number of benzene rings is 2. The van der Waals surface area contributed by atoms with Gasteiger partial charge in [-0.25, -0.2) is 0 Å². The Kier molecular flexibility index (Phi) is 7.11. The van der Waals surface area contributed by atoms with Gasteiger partial charge in [0.1, 0.15) is 0 Å². The number of nitrogens with zero attached hydrogens (tertiary/aromatic N) is 1. The van der Waals surface area contributed by atoms with Crippen LogP contribution in [0.3, 0.4) is 0 Å². The van der Waals surface area contributed by atoms with E-state index < -0.39 is 0 Å². The Labute approximate surface area is 170 Å². The summed E-state index contributed by atoms with van der Waals surface area (Å²) in [5, 5.41) is 6.30. The molecule has 0 aliphatic carbocycles. The quantitative estimate of drug-likeness (QED) is 0.791. The van der Waals surface area contributed by atoms with Gasteiger partial charge in [0.15, 0.2) is 0 Å². The zero-order valence-electron chi connectivity index (χ0n) is 17.6. The van der Waals surface area contributed by atoms with Gasteiger partial charge in [0.05, 0.1) is 0 Å². The van der Waals surface area contributed by atoms with E-state index in [1.54, 1.807) is 0 Å². The van der Waals surface area contributed by atoms with Crippen LogP contribution < -0.4 is 15.8 Å². The Morgan fingerprint density at radius 1 is 1.18 bits per heavy atom. The number of likely N-dealkylation sites (tertiary alicyclic amines) is 1. The molecule has 28 heavy (non-hydrogen) atoms. The third-order valence-electron chi connectivity index (χ3n) is 5.65. The Hall–Kier alpha value is -2.32. The summed E-state index contributed by atoms with van der Waals surface area (Å²) >= 11 is 0. The highest BCUT2D eigenvalue weighted by Crippen LogP contribution is 2.19. The summed E-state index contributed by atoms with van der Waals surface area (Å²) in [6.45, 7) is 13.8. The number of rotatable bonds is 6. The second-order valence-corrected chi connectivity index (χ2v) is 8.11. The molecule has 0 radical (unpaired) electrons. The predicted octanol–water partition coefficient (Wildman–Crippen LogP) is 4.65. The summed E-state index contributed by atoms with van der Waals surface area (Å²) < 4.78 is 0. The maximum Gasteiger partial charge on any atom is 0.0422 e. The van der Waals surface area contributed by atoms with Gasteiger partial charge in [0.2, 0.25) is 0 Å². The predicted molar refractivity (Wildman–Crippen MR) is 123 cm³/mol. The molecule has 0 amide bonds. The lowest BCUT2D eigenvalue weighted by atomic mass is 10.0. The standard InChI is InChI=1S/C26H34N2/c1-5-9-25-22(6-2)10-7-12-26(25)27-24-11-8-17-28(19-24)18-21-13-15-23(16-14-21)20(3)4/h5-7,9-10,12-16,20,24,27H,1,8,11,17-19H2,2-4H3/b22-6-,25-9+. The van der Waals surface area contributed by atoms with E-state index in [4.69, 9.17) is 0 Å². The van der Waals surface area contributed by atoms with E-state index in [0.717, 1.165) is 13.1 Å². The largest absolute Gasteiger partial charge is 0.381 e. The van der Waals surface area contributed by atoms with Gasteiger partial charge in [-0.15, -0.1) is 0 Å². The van der Waals surface area contributed by atoms with Crippen LogP contribution >= 0.6 is 0 Å². The third kappa shape index (κ3) is 5.14. The lowest BCUT2D eigenvalue weighted by Crippen LogP contribution is -2.43. The number of hydrogen-bond donors (Lipinski definition) is 1. The van der Waals surface area contributed by atoms with Crippen LogP contribution in [-0.2, 0) is 6.54 Å². The first kappa shape index (κ1) is 20.4. The fraction of sp³-hybridized carbons (Fsp3) is 0.385. The van der Waals surface area contributed by atoms with Crippen molar-refractivity contribution in [1.82, 2.24) is 4.90 Å². The number of nitrogens with one attached hydrogen (secondary N) is 1. The highest BCUT2D eigenvalue weighted by molar-refractivity contribution is 5.54. The smallest absolute Gasteiger partial charge is 0.0422 e. The molecule has 1 aliphatic heterocycles. The van der Waals surface area contributed by atoms with Crippen LogP contribution in [0.1, 0.15) is 50.7 Å². The van der Waals surface area contributed by atoms with Crippen molar-refractivity contribution in [2.75, 3.05) is 18.4 Å². The van der Waals surface area contributed by atoms with Crippen molar-refractivity contribution >= 4 is 17.8 Å². The molecule has 1 saturated heterocycles. The molecule has 1 heterocycles. The molecule has 1 unspecified atom stereocenters. The Balaban J connectivity index is 1.69. The molecule has 0 aromatic heterocycles. The van der Waals surface area contributed by atoms with Crippen molar-refractivity contribution < 1.29 is 0 Å². The number of piperidine rings is 1. The fourth-order valence-corrected chi connectivity index (χ4v) is 4.07. The summed E-state index contributed by atoms with van der Waals surface area (Å²) in [4.78, 5) is 2.58. The molecule has 1 atom stereocenters. The van der Waals surface area contributed by atoms with Gasteiger partial charge in [0, 0.05) is 30.0 Å². The average Bonchev–Trinajstić information content (AvgIpc) is 2.70. The van der Waals surface area contributed by atoms with Crippen LogP contribution in [0.4, 0.5) is 5.69 Å². The molecule has 3 rings (SSSR count). The summed E-state index contributed by atoms with van der Waals surface area (Å²) in [7, 11) is 0. The van der Waals surface area contributed by atoms with Crippen molar-refractivity contribution in [3.63, 3.8) is 0 Å². The molecule has 0 bridgehead atoms. The highest BCUT2D eigenvalue weighted by atomic mass is 15.2. The minimum Gasteiger partial charge on any atom is -0.381 e. The van der Waals surface area contributed by atoms with Crippen LogP contribution in [0.2, 0.25) is 0 Å². The van der Waals surface area contributed by atoms with Crippen LogP contribution in [0.25, 0.3) is 12.2 Å². The van der Waals surface area contributed by atoms with Crippen molar-refractivity contribution in [2.45, 2.75) is 52.1 Å². The molecule has 1 aliphatic rings. The number of anilines is 1. The second kappa shape index (κ2) is 9.75. The maximum atomic E-state index is 3.89. The maximum absolute atomic E-state index is 3.89. The summed E-state index contributed by atoms with van der Waals surface area (Å²) in [5.74, 6) is 0.593. The molecule has 2 aromatic rings. The van der Waals surface area contributed by atoms with Gasteiger partial charge in [-0.2, -0.15) is 0 Å². The number of hydrogen-bond acceptors (Lipinski definition) is 2. The van der Waals surface area contributed by atoms with Gasteiger partial charge in [-0.1, -0.05) is 75.1 Å². The van der Waals surface area contributed by atoms with Crippen molar-refractivity contribution in [3.8, 4) is 0 Å². The molecule has 0 saturated carbocycles. The molecule has 0 spiro atoms. The van der Waals surface area contributed by atoms with E-state index in [9.17, 15) is 0 Å². The molecular weight excluding hydrogens is 340 g/mol. The summed E-state index contributed by atoms with van der Waals surface area (Å²) in [6.07, 6.45) is 8.60. The SMILES string of the molecule is C=C/C=c1/c(NC2CCCN(Cc3ccc(C(C)C)cc3)C2)ccc/c1=C/C. The zero-order chi connectivity index (χ0) is 19.9. The van der Waals surface area contributed by atoms with Crippen LogP contribution in [0, 0.1) is 0 Å².